The molecule has 330 valence electrons. The van der Waals surface area contributed by atoms with E-state index in [1.54, 1.807) is 14.2 Å². The van der Waals surface area contributed by atoms with Gasteiger partial charge in [0.1, 0.15) is 5.75 Å². The van der Waals surface area contributed by atoms with Crippen molar-refractivity contribution in [3.8, 4) is 5.75 Å². The fourth-order valence-electron chi connectivity index (χ4n) is 10.8. The predicted octanol–water partition coefficient (Wildman–Crippen LogP) is 12.6. The van der Waals surface area contributed by atoms with Crippen LogP contribution < -0.4 is 4.74 Å². The van der Waals surface area contributed by atoms with Gasteiger partial charge in [0.25, 0.3) is 0 Å². The van der Waals surface area contributed by atoms with Crippen molar-refractivity contribution in [1.82, 2.24) is 0 Å². The molecule has 0 radical (unpaired) electrons. The maximum atomic E-state index is 12.1. The van der Waals surface area contributed by atoms with Crippen LogP contribution in [0.15, 0.2) is 66.7 Å². The first-order chi connectivity index (χ1) is 26.9. The molecule has 0 unspecified atom stereocenters. The quantitative estimate of drug-likeness (QED) is 0.0640. The molecule has 5 atom stereocenters. The molecule has 1 aliphatic rings. The van der Waals surface area contributed by atoms with E-state index < -0.39 is 41.8 Å². The first-order valence-corrected chi connectivity index (χ1v) is 31.4. The second-order valence-corrected chi connectivity index (χ2v) is 37.4. The van der Waals surface area contributed by atoms with Crippen LogP contribution in [0.25, 0.3) is 0 Å². The third-order valence-electron chi connectivity index (χ3n) is 13.0. The number of ether oxygens (including phenoxy) is 5. The molecule has 7 nitrogen and oxygen atoms in total. The van der Waals surface area contributed by atoms with Crippen molar-refractivity contribution >= 4 is 24.5 Å². The van der Waals surface area contributed by atoms with Crippen molar-refractivity contribution < 1.29 is 33.2 Å². The van der Waals surface area contributed by atoms with Crippen LogP contribution in [0.1, 0.15) is 98.6 Å². The molecule has 0 aromatic heterocycles. The molecule has 2 aromatic carbocycles. The predicted molar refractivity (Wildman–Crippen MR) is 251 cm³/mol. The summed E-state index contributed by atoms with van der Waals surface area (Å²) in [5.41, 5.74) is 4.12. The van der Waals surface area contributed by atoms with E-state index >= 15 is 0 Å². The molecular formula is C48H84O7Si3. The Kier molecular flexibility index (Phi) is 18.8. The molecule has 10 heteroatoms. The summed E-state index contributed by atoms with van der Waals surface area (Å²) in [6, 6.07) is 18.4. The Morgan fingerprint density at radius 3 is 1.88 bits per heavy atom. The van der Waals surface area contributed by atoms with Crippen LogP contribution in [0.4, 0.5) is 0 Å². The van der Waals surface area contributed by atoms with Gasteiger partial charge in [-0.2, -0.15) is 0 Å². The van der Waals surface area contributed by atoms with Crippen LogP contribution in [0.2, 0.25) is 61.1 Å². The summed E-state index contributed by atoms with van der Waals surface area (Å²) in [7, 11) is -2.02. The number of rotatable bonds is 24. The maximum absolute atomic E-state index is 12.1. The van der Waals surface area contributed by atoms with Crippen LogP contribution in [0.3, 0.4) is 0 Å². The van der Waals surface area contributed by atoms with Gasteiger partial charge in [0.2, 0.25) is 8.32 Å². The summed E-state index contributed by atoms with van der Waals surface area (Å²) in [6.07, 6.45) is 1.75. The highest BCUT2D eigenvalue weighted by Gasteiger charge is 2.58. The van der Waals surface area contributed by atoms with E-state index in [2.05, 4.69) is 138 Å². The van der Waals surface area contributed by atoms with E-state index in [1.807, 2.05) is 18.2 Å². The number of methoxy groups -OCH3 is 2. The molecule has 0 bridgehead atoms. The normalized spacial score (nSPS) is 21.5. The summed E-state index contributed by atoms with van der Waals surface area (Å²) in [5.74, 6) is -0.272. The third kappa shape index (κ3) is 13.0. The number of aliphatic hydroxyl groups is 1. The Bertz CT molecular complexity index is 1480. The monoisotopic (exact) mass is 857 g/mol. The minimum Gasteiger partial charge on any atom is -0.497 e. The smallest absolute Gasteiger partial charge is 0.200 e. The Morgan fingerprint density at radius 2 is 1.38 bits per heavy atom. The van der Waals surface area contributed by atoms with Crippen LogP contribution in [-0.4, -0.2) is 80.6 Å². The zero-order valence-corrected chi connectivity index (χ0v) is 42.6. The second-order valence-electron chi connectivity index (χ2n) is 20.8. The average molecular weight is 857 g/mol. The van der Waals surface area contributed by atoms with Gasteiger partial charge in [-0.3, -0.25) is 0 Å². The average Bonchev–Trinajstić information content (AvgIpc) is 3.11. The van der Waals surface area contributed by atoms with Gasteiger partial charge in [0.05, 0.1) is 38.6 Å². The SMILES string of the molecule is C=C(C[C@H](O)C[C@]1(OC)O[C@H](C[C@H](CCOCc2ccc(OC)cc2)O[Si](C(C)C)(C(C)C)C(C)C)C[C@H](OCc2ccccc2)C1(C)C)C([Si](C)(C)C)[Si](C)(C)C. The summed E-state index contributed by atoms with van der Waals surface area (Å²) in [4.78, 5) is 0. The van der Waals surface area contributed by atoms with E-state index in [0.29, 0.717) is 67.3 Å². The van der Waals surface area contributed by atoms with Crippen LogP contribution >= 0.6 is 0 Å². The summed E-state index contributed by atoms with van der Waals surface area (Å²) in [5, 5.41) is 12.6. The van der Waals surface area contributed by atoms with E-state index in [-0.39, 0.29) is 18.3 Å². The van der Waals surface area contributed by atoms with Crippen molar-refractivity contribution in [2.75, 3.05) is 20.8 Å². The zero-order valence-electron chi connectivity index (χ0n) is 39.6. The van der Waals surface area contributed by atoms with Gasteiger partial charge in [-0.05, 0) is 64.3 Å². The molecule has 0 aliphatic carbocycles. The molecule has 0 spiro atoms. The van der Waals surface area contributed by atoms with Crippen molar-refractivity contribution in [2.45, 2.75) is 192 Å². The van der Waals surface area contributed by atoms with Gasteiger partial charge in [-0.25, -0.2) is 0 Å². The minimum atomic E-state index is -2.28. The molecule has 1 heterocycles. The second kappa shape index (κ2) is 21.5. The molecule has 1 aliphatic heterocycles. The number of hydrogen-bond donors (Lipinski definition) is 1. The Balaban J connectivity index is 1.99. The highest BCUT2D eigenvalue weighted by Crippen LogP contribution is 2.51. The van der Waals surface area contributed by atoms with E-state index in [1.165, 1.54) is 5.57 Å². The number of benzene rings is 2. The lowest BCUT2D eigenvalue weighted by molar-refractivity contribution is -0.361. The van der Waals surface area contributed by atoms with E-state index in [4.69, 9.17) is 28.1 Å². The van der Waals surface area contributed by atoms with Crippen LogP contribution in [-0.2, 0) is 36.6 Å². The number of hydrogen-bond acceptors (Lipinski definition) is 7. The molecule has 0 amide bonds. The molecule has 58 heavy (non-hydrogen) atoms. The third-order valence-corrected chi connectivity index (χ3v) is 28.6. The van der Waals surface area contributed by atoms with Gasteiger partial charge in [-0.15, -0.1) is 6.58 Å². The zero-order chi connectivity index (χ0) is 43.7. The highest BCUT2D eigenvalue weighted by molar-refractivity contribution is 6.97. The van der Waals surface area contributed by atoms with Gasteiger partial charge >= 0.3 is 0 Å². The summed E-state index contributed by atoms with van der Waals surface area (Å²) in [6.45, 7) is 39.3. The van der Waals surface area contributed by atoms with E-state index in [0.717, 1.165) is 23.3 Å². The largest absolute Gasteiger partial charge is 0.497 e. The highest BCUT2D eigenvalue weighted by atomic mass is 28.4. The van der Waals surface area contributed by atoms with Gasteiger partial charge < -0.3 is 33.2 Å². The van der Waals surface area contributed by atoms with Crippen molar-refractivity contribution in [3.05, 3.63) is 77.9 Å². The van der Waals surface area contributed by atoms with Crippen LogP contribution in [0.5, 0.6) is 5.75 Å². The van der Waals surface area contributed by atoms with Crippen molar-refractivity contribution in [1.29, 1.82) is 0 Å². The standard InChI is InChI=1S/C48H84O7Si3/c1-35(2)58(36(3)4,37(5)6)55-43(27-28-52-33-40-23-25-42(50-10)26-24-40)30-44-31-45(53-34-39-21-19-18-20-22-39)47(8,9)48(51-11,54-44)32-41(49)29-38(7)46(56(12,13)14)57(15,16)17/h18-26,35-37,41,43-46,49H,7,27-34H2,1-6,8-17H3/t41-,43-,44+,45-,48-/m0/s1. The van der Waals surface area contributed by atoms with E-state index in [9.17, 15) is 5.11 Å². The molecular weight excluding hydrogens is 773 g/mol. The first kappa shape index (κ1) is 50.7. The Labute approximate surface area is 358 Å². The Hall–Kier alpha value is -1.61. The molecule has 1 fully saturated rings. The molecule has 3 rings (SSSR count). The first-order valence-electron chi connectivity index (χ1n) is 22.1. The number of aliphatic hydroxyl groups excluding tert-OH is 1. The van der Waals surface area contributed by atoms with Crippen molar-refractivity contribution in [2.24, 2.45) is 5.41 Å². The van der Waals surface area contributed by atoms with Gasteiger partial charge in [-0.1, -0.05) is 143 Å². The molecule has 2 aromatic rings. The Morgan fingerprint density at radius 1 is 0.828 bits per heavy atom. The molecule has 0 saturated carbocycles. The fourth-order valence-corrected chi connectivity index (χ4v) is 29.5. The summed E-state index contributed by atoms with van der Waals surface area (Å²) < 4.78 is 40.1. The molecule has 1 N–H and O–H groups in total. The van der Waals surface area contributed by atoms with Gasteiger partial charge in [0, 0.05) is 54.2 Å². The lowest BCUT2D eigenvalue weighted by atomic mass is 9.70. The van der Waals surface area contributed by atoms with Gasteiger partial charge in [0.15, 0.2) is 5.79 Å². The maximum Gasteiger partial charge on any atom is 0.200 e. The topological polar surface area (TPSA) is 75.6 Å². The molecule has 1 saturated heterocycles. The summed E-state index contributed by atoms with van der Waals surface area (Å²) >= 11 is 0. The minimum absolute atomic E-state index is 0.0933. The lowest BCUT2D eigenvalue weighted by Gasteiger charge is -2.56. The lowest BCUT2D eigenvalue weighted by Crippen LogP contribution is -2.63. The van der Waals surface area contributed by atoms with Crippen molar-refractivity contribution in [3.63, 3.8) is 0 Å². The fraction of sp³-hybridized carbons (Fsp3) is 0.708. The van der Waals surface area contributed by atoms with Crippen LogP contribution in [0, 0.1) is 5.41 Å².